The van der Waals surface area contributed by atoms with Crippen molar-refractivity contribution >= 4 is 50.0 Å². The van der Waals surface area contributed by atoms with E-state index in [4.69, 9.17) is 10.2 Å². The standard InChI is InChI=1S/C26H26N4O2S2/c1-16-17(2)34-24-23(16)25(32)30(18-8-3-4-9-18)26(28-24)33-15-22(31)20-14-29(13-7-12-27)21-11-6-5-10-19(20)21/h5-6,10-11,14,18H,3-4,7-9,13,15H2,1-2H3. The summed E-state index contributed by atoms with van der Waals surface area (Å²) in [6.45, 7) is 4.57. The van der Waals surface area contributed by atoms with Crippen molar-refractivity contribution in [1.29, 1.82) is 5.26 Å². The first-order valence-corrected chi connectivity index (χ1v) is 13.4. The summed E-state index contributed by atoms with van der Waals surface area (Å²) in [6.07, 6.45) is 6.42. The number of benzene rings is 1. The van der Waals surface area contributed by atoms with Crippen molar-refractivity contribution in [2.45, 2.75) is 63.7 Å². The number of nitriles is 1. The molecular formula is C26H26N4O2S2. The van der Waals surface area contributed by atoms with Crippen molar-refractivity contribution in [3.63, 3.8) is 0 Å². The van der Waals surface area contributed by atoms with Gasteiger partial charge < -0.3 is 4.57 Å². The van der Waals surface area contributed by atoms with E-state index in [1.165, 1.54) is 11.8 Å². The molecule has 6 nitrogen and oxygen atoms in total. The minimum Gasteiger partial charge on any atom is -0.346 e. The number of para-hydroxylation sites is 1. The van der Waals surface area contributed by atoms with Crippen LogP contribution in [0.1, 0.15) is 58.9 Å². The quantitative estimate of drug-likeness (QED) is 0.179. The molecule has 0 radical (unpaired) electrons. The molecule has 34 heavy (non-hydrogen) atoms. The fraction of sp³-hybridized carbons (Fsp3) is 0.385. The summed E-state index contributed by atoms with van der Waals surface area (Å²) in [6, 6.07) is 10.1. The molecule has 8 heteroatoms. The van der Waals surface area contributed by atoms with E-state index in [9.17, 15) is 9.59 Å². The number of aryl methyl sites for hydroxylation is 3. The SMILES string of the molecule is Cc1sc2nc(SCC(=O)c3cn(CCC#N)c4ccccc34)n(C3CCCC3)c(=O)c2c1C. The second-order valence-corrected chi connectivity index (χ2v) is 11.0. The Hall–Kier alpha value is -2.89. The van der Waals surface area contributed by atoms with E-state index in [1.54, 1.807) is 11.3 Å². The average molecular weight is 491 g/mol. The third-order valence-electron chi connectivity index (χ3n) is 6.78. The van der Waals surface area contributed by atoms with Gasteiger partial charge in [-0.15, -0.1) is 11.3 Å². The van der Waals surface area contributed by atoms with Gasteiger partial charge in [-0.1, -0.05) is 42.8 Å². The number of fused-ring (bicyclic) bond motifs is 2. The predicted molar refractivity (Wildman–Crippen MR) is 138 cm³/mol. The van der Waals surface area contributed by atoms with Crippen LogP contribution in [0.4, 0.5) is 0 Å². The molecule has 0 unspecified atom stereocenters. The van der Waals surface area contributed by atoms with Crippen molar-refractivity contribution < 1.29 is 4.79 Å². The maximum atomic E-state index is 13.6. The molecule has 3 aromatic heterocycles. The van der Waals surface area contributed by atoms with Crippen LogP contribution in [0.5, 0.6) is 0 Å². The second-order valence-electron chi connectivity index (χ2n) is 8.84. The second kappa shape index (κ2) is 9.40. The molecule has 1 saturated carbocycles. The molecule has 0 spiro atoms. The van der Waals surface area contributed by atoms with Crippen molar-refractivity contribution in [3.8, 4) is 6.07 Å². The lowest BCUT2D eigenvalue weighted by Crippen LogP contribution is -2.26. The van der Waals surface area contributed by atoms with Crippen LogP contribution < -0.4 is 5.56 Å². The minimum absolute atomic E-state index is 0.00256. The maximum Gasteiger partial charge on any atom is 0.263 e. The highest BCUT2D eigenvalue weighted by atomic mass is 32.2. The zero-order valence-corrected chi connectivity index (χ0v) is 21.0. The molecule has 3 heterocycles. The number of thioether (sulfide) groups is 1. The van der Waals surface area contributed by atoms with Gasteiger partial charge in [0.1, 0.15) is 4.83 Å². The zero-order valence-electron chi connectivity index (χ0n) is 19.3. The minimum atomic E-state index is 0.00256. The summed E-state index contributed by atoms with van der Waals surface area (Å²) in [5.74, 6) is 0.211. The highest BCUT2D eigenvalue weighted by Gasteiger charge is 2.25. The Bertz CT molecular complexity index is 1500. The summed E-state index contributed by atoms with van der Waals surface area (Å²) in [4.78, 5) is 33.7. The lowest BCUT2D eigenvalue weighted by molar-refractivity contribution is 0.102. The number of rotatable bonds is 7. The van der Waals surface area contributed by atoms with Crippen LogP contribution in [0.3, 0.4) is 0 Å². The van der Waals surface area contributed by atoms with Crippen molar-refractivity contribution in [2.75, 3.05) is 5.75 Å². The van der Waals surface area contributed by atoms with Gasteiger partial charge in [-0.05, 0) is 38.3 Å². The predicted octanol–water partition coefficient (Wildman–Crippen LogP) is 6.03. The number of aromatic nitrogens is 3. The number of hydrogen-bond acceptors (Lipinski definition) is 6. The number of carbonyl (C=O) groups is 1. The van der Waals surface area contributed by atoms with Gasteiger partial charge in [-0.2, -0.15) is 5.26 Å². The molecular weight excluding hydrogens is 464 g/mol. The van der Waals surface area contributed by atoms with Crippen LogP contribution in [-0.4, -0.2) is 25.7 Å². The Labute approximate surface area is 206 Å². The molecule has 0 aliphatic heterocycles. The molecule has 0 saturated heterocycles. The molecule has 1 fully saturated rings. The lowest BCUT2D eigenvalue weighted by atomic mass is 10.1. The molecule has 0 N–H and O–H groups in total. The molecule has 0 atom stereocenters. The monoisotopic (exact) mass is 490 g/mol. The first kappa shape index (κ1) is 22.9. The van der Waals surface area contributed by atoms with Gasteiger partial charge >= 0.3 is 0 Å². The average Bonchev–Trinajstić information content (AvgIpc) is 3.55. The smallest absolute Gasteiger partial charge is 0.263 e. The molecule has 0 bridgehead atoms. The van der Waals surface area contributed by atoms with Gasteiger partial charge in [0.25, 0.3) is 5.56 Å². The van der Waals surface area contributed by atoms with Crippen LogP contribution in [0.15, 0.2) is 40.4 Å². The maximum absolute atomic E-state index is 13.6. The lowest BCUT2D eigenvalue weighted by Gasteiger charge is -2.17. The first-order valence-electron chi connectivity index (χ1n) is 11.6. The number of ketones is 1. The molecule has 1 aliphatic rings. The highest BCUT2D eigenvalue weighted by molar-refractivity contribution is 7.99. The summed E-state index contributed by atoms with van der Waals surface area (Å²) in [5.41, 5.74) is 2.65. The summed E-state index contributed by atoms with van der Waals surface area (Å²) >= 11 is 2.91. The summed E-state index contributed by atoms with van der Waals surface area (Å²) in [5, 5.41) is 11.3. The van der Waals surface area contributed by atoms with Crippen LogP contribution in [0.2, 0.25) is 0 Å². The van der Waals surface area contributed by atoms with E-state index in [-0.39, 0.29) is 23.1 Å². The Kier molecular flexibility index (Phi) is 6.32. The van der Waals surface area contributed by atoms with Crippen LogP contribution in [-0.2, 0) is 6.54 Å². The van der Waals surface area contributed by atoms with Crippen LogP contribution >= 0.6 is 23.1 Å². The number of Topliss-reactive ketones (excluding diaryl/α,β-unsaturated/α-hetero) is 1. The van der Waals surface area contributed by atoms with E-state index in [1.807, 2.05) is 53.4 Å². The van der Waals surface area contributed by atoms with Crippen LogP contribution in [0.25, 0.3) is 21.1 Å². The Morgan fingerprint density at radius 2 is 2.03 bits per heavy atom. The fourth-order valence-corrected chi connectivity index (χ4v) is 6.93. The highest BCUT2D eigenvalue weighted by Crippen LogP contribution is 2.35. The van der Waals surface area contributed by atoms with Crippen molar-refractivity contribution in [1.82, 2.24) is 14.1 Å². The van der Waals surface area contributed by atoms with Gasteiger partial charge in [-0.3, -0.25) is 14.2 Å². The number of thiophene rings is 1. The largest absolute Gasteiger partial charge is 0.346 e. The molecule has 4 aromatic rings. The van der Waals surface area contributed by atoms with Gasteiger partial charge in [-0.25, -0.2) is 4.98 Å². The zero-order chi connectivity index (χ0) is 23.8. The van der Waals surface area contributed by atoms with E-state index in [0.717, 1.165) is 57.2 Å². The third kappa shape index (κ3) is 3.97. The van der Waals surface area contributed by atoms with Crippen molar-refractivity contribution in [2.24, 2.45) is 0 Å². The van der Waals surface area contributed by atoms with Gasteiger partial charge in [0.05, 0.1) is 23.6 Å². The molecule has 1 aromatic carbocycles. The van der Waals surface area contributed by atoms with E-state index < -0.39 is 0 Å². The fourth-order valence-electron chi connectivity index (χ4n) is 4.91. The van der Waals surface area contributed by atoms with Gasteiger partial charge in [0, 0.05) is 40.1 Å². The van der Waals surface area contributed by atoms with E-state index >= 15 is 0 Å². The normalized spacial score (nSPS) is 14.3. The molecule has 0 amide bonds. The third-order valence-corrected chi connectivity index (χ3v) is 8.83. The Morgan fingerprint density at radius 3 is 2.79 bits per heavy atom. The summed E-state index contributed by atoms with van der Waals surface area (Å²) < 4.78 is 3.84. The Balaban J connectivity index is 1.50. The molecule has 5 rings (SSSR count). The van der Waals surface area contributed by atoms with E-state index in [0.29, 0.717) is 23.7 Å². The number of carbonyl (C=O) groups excluding carboxylic acids is 1. The van der Waals surface area contributed by atoms with Gasteiger partial charge in [0.2, 0.25) is 0 Å². The van der Waals surface area contributed by atoms with Gasteiger partial charge in [0.15, 0.2) is 10.9 Å². The Morgan fingerprint density at radius 1 is 1.26 bits per heavy atom. The topological polar surface area (TPSA) is 80.7 Å². The summed E-state index contributed by atoms with van der Waals surface area (Å²) in [7, 11) is 0. The molecule has 1 aliphatic carbocycles. The number of hydrogen-bond donors (Lipinski definition) is 0. The molecule has 174 valence electrons. The number of nitrogens with zero attached hydrogens (tertiary/aromatic N) is 4. The van der Waals surface area contributed by atoms with Crippen LogP contribution in [0, 0.1) is 25.2 Å². The van der Waals surface area contributed by atoms with E-state index in [2.05, 4.69) is 6.07 Å². The van der Waals surface area contributed by atoms with Crippen molar-refractivity contribution in [3.05, 3.63) is 56.8 Å². The first-order chi connectivity index (χ1) is 16.5.